The molecule has 6 nitrogen and oxygen atoms in total. The molecule has 1 fully saturated rings. The van der Waals surface area contributed by atoms with Crippen LogP contribution < -0.4 is 10.0 Å². The van der Waals surface area contributed by atoms with E-state index in [-0.39, 0.29) is 23.4 Å². The van der Waals surface area contributed by atoms with Crippen molar-refractivity contribution in [3.05, 3.63) is 58.7 Å². The summed E-state index contributed by atoms with van der Waals surface area (Å²) in [6.45, 7) is 3.67. The predicted octanol–water partition coefficient (Wildman–Crippen LogP) is 2.90. The fourth-order valence-electron chi connectivity index (χ4n) is 2.97. The molecule has 0 bridgehead atoms. The summed E-state index contributed by atoms with van der Waals surface area (Å²) in [6.07, 6.45) is 0.490. The lowest BCUT2D eigenvalue weighted by atomic mass is 10.1. The topological polar surface area (TPSA) is 84.5 Å². The van der Waals surface area contributed by atoms with Gasteiger partial charge in [-0.3, -0.25) is 4.79 Å². The summed E-state index contributed by atoms with van der Waals surface area (Å²) < 4.78 is 61.0. The zero-order chi connectivity index (χ0) is 20.5. The highest BCUT2D eigenvalue weighted by Crippen LogP contribution is 2.24. The number of rotatable bonds is 5. The molecular formula is C19H20F2N2O4S. The summed E-state index contributed by atoms with van der Waals surface area (Å²) in [4.78, 5) is 12.0. The number of ether oxygens (including phenoxy) is 1. The van der Waals surface area contributed by atoms with Crippen LogP contribution in [0.1, 0.15) is 27.9 Å². The monoisotopic (exact) mass is 410 g/mol. The number of halogens is 2. The van der Waals surface area contributed by atoms with Crippen LogP contribution in [-0.4, -0.2) is 33.6 Å². The summed E-state index contributed by atoms with van der Waals surface area (Å²) in [6, 6.07) is 5.99. The summed E-state index contributed by atoms with van der Waals surface area (Å²) >= 11 is 0. The van der Waals surface area contributed by atoms with Crippen molar-refractivity contribution in [1.29, 1.82) is 0 Å². The second-order valence-corrected chi connectivity index (χ2v) is 8.35. The largest absolute Gasteiger partial charge is 0.380 e. The summed E-state index contributed by atoms with van der Waals surface area (Å²) in [5.74, 6) is -2.39. The second-order valence-electron chi connectivity index (χ2n) is 6.67. The second kappa shape index (κ2) is 7.94. The maximum absolute atomic E-state index is 15.0. The first-order valence-corrected chi connectivity index (χ1v) is 10.1. The molecule has 0 aromatic heterocycles. The molecule has 1 aliphatic rings. The number of nitrogens with one attached hydrogen (secondary N) is 2. The summed E-state index contributed by atoms with van der Waals surface area (Å²) in [5.41, 5.74) is 0.482. The molecule has 0 spiro atoms. The van der Waals surface area contributed by atoms with Crippen molar-refractivity contribution in [1.82, 2.24) is 4.72 Å². The van der Waals surface area contributed by atoms with Gasteiger partial charge in [-0.25, -0.2) is 21.9 Å². The van der Waals surface area contributed by atoms with E-state index >= 15 is 4.39 Å². The minimum atomic E-state index is -4.17. The molecule has 3 rings (SSSR count). The molecular weight excluding hydrogens is 390 g/mol. The first kappa shape index (κ1) is 20.4. The third kappa shape index (κ3) is 4.21. The normalized spacial score (nSPS) is 16.9. The van der Waals surface area contributed by atoms with Crippen LogP contribution in [0.5, 0.6) is 0 Å². The Labute approximate surface area is 162 Å². The van der Waals surface area contributed by atoms with E-state index in [0.717, 1.165) is 6.07 Å². The zero-order valence-electron chi connectivity index (χ0n) is 15.4. The van der Waals surface area contributed by atoms with E-state index < -0.39 is 38.5 Å². The number of carbonyl (C=O) groups excluding carboxylic acids is 1. The van der Waals surface area contributed by atoms with E-state index in [2.05, 4.69) is 10.0 Å². The molecule has 2 aromatic carbocycles. The standard InChI is InChI=1S/C19H20F2N2O4S/c1-11-3-6-16(28(25,26)23-14-7-8-27-10-14)18(21)17(11)19(24)22-13-4-5-15(20)12(2)9-13/h3-6,9,14,23H,7-8,10H2,1-2H3,(H,22,24). The Morgan fingerprint density at radius 2 is 1.89 bits per heavy atom. The molecule has 1 unspecified atom stereocenters. The van der Waals surface area contributed by atoms with Crippen LogP contribution in [0.15, 0.2) is 35.2 Å². The Hall–Kier alpha value is -2.36. The average Bonchev–Trinajstić information content (AvgIpc) is 3.10. The first-order valence-electron chi connectivity index (χ1n) is 8.65. The minimum Gasteiger partial charge on any atom is -0.380 e. The molecule has 1 aliphatic heterocycles. The van der Waals surface area contributed by atoms with E-state index in [1.54, 1.807) is 0 Å². The van der Waals surface area contributed by atoms with Crippen molar-refractivity contribution in [2.75, 3.05) is 18.5 Å². The molecule has 0 aliphatic carbocycles. The van der Waals surface area contributed by atoms with Gasteiger partial charge in [-0.15, -0.1) is 0 Å². The molecule has 0 saturated carbocycles. The van der Waals surface area contributed by atoms with Crippen LogP contribution >= 0.6 is 0 Å². The quantitative estimate of drug-likeness (QED) is 0.794. The molecule has 2 aromatic rings. The molecule has 2 N–H and O–H groups in total. The van der Waals surface area contributed by atoms with E-state index in [4.69, 9.17) is 4.74 Å². The SMILES string of the molecule is Cc1cc(NC(=O)c2c(C)ccc(S(=O)(=O)NC3CCOC3)c2F)ccc1F. The Morgan fingerprint density at radius 1 is 1.14 bits per heavy atom. The number of carbonyl (C=O) groups is 1. The highest BCUT2D eigenvalue weighted by molar-refractivity contribution is 7.89. The number of hydrogen-bond acceptors (Lipinski definition) is 4. The van der Waals surface area contributed by atoms with Crippen molar-refractivity contribution in [3.8, 4) is 0 Å². The molecule has 28 heavy (non-hydrogen) atoms. The lowest BCUT2D eigenvalue weighted by molar-refractivity contribution is 0.102. The van der Waals surface area contributed by atoms with Crippen LogP contribution in [-0.2, 0) is 14.8 Å². The highest BCUT2D eigenvalue weighted by Gasteiger charge is 2.29. The van der Waals surface area contributed by atoms with Crippen LogP contribution in [0.25, 0.3) is 0 Å². The van der Waals surface area contributed by atoms with Crippen molar-refractivity contribution < 1.29 is 26.7 Å². The lowest BCUT2D eigenvalue weighted by Gasteiger charge is -2.15. The molecule has 1 heterocycles. The first-order chi connectivity index (χ1) is 13.2. The van der Waals surface area contributed by atoms with Crippen molar-refractivity contribution in [2.45, 2.75) is 31.2 Å². The van der Waals surface area contributed by atoms with E-state index in [1.165, 1.54) is 38.1 Å². The molecule has 1 atom stereocenters. The minimum absolute atomic E-state index is 0.212. The third-order valence-electron chi connectivity index (χ3n) is 4.50. The number of benzene rings is 2. The number of aryl methyl sites for hydroxylation is 2. The molecule has 150 valence electrons. The van der Waals surface area contributed by atoms with Crippen molar-refractivity contribution in [3.63, 3.8) is 0 Å². The summed E-state index contributed by atoms with van der Waals surface area (Å²) in [7, 11) is -4.17. The fourth-order valence-corrected chi connectivity index (χ4v) is 4.30. The van der Waals surface area contributed by atoms with Gasteiger partial charge in [-0.1, -0.05) is 6.07 Å². The Balaban J connectivity index is 1.91. The Morgan fingerprint density at radius 3 is 2.54 bits per heavy atom. The van der Waals surface area contributed by atoms with Gasteiger partial charge in [0, 0.05) is 18.3 Å². The van der Waals surface area contributed by atoms with Crippen molar-refractivity contribution >= 4 is 21.6 Å². The van der Waals surface area contributed by atoms with Gasteiger partial charge in [0.25, 0.3) is 5.91 Å². The van der Waals surface area contributed by atoms with E-state index in [0.29, 0.717) is 18.6 Å². The summed E-state index contributed by atoms with van der Waals surface area (Å²) in [5, 5.41) is 2.48. The highest BCUT2D eigenvalue weighted by atomic mass is 32.2. The number of amides is 1. The maximum Gasteiger partial charge on any atom is 0.258 e. The van der Waals surface area contributed by atoms with Crippen LogP contribution in [0, 0.1) is 25.5 Å². The van der Waals surface area contributed by atoms with Gasteiger partial charge in [0.1, 0.15) is 10.7 Å². The Kier molecular flexibility index (Phi) is 5.78. The van der Waals surface area contributed by atoms with Gasteiger partial charge in [0.05, 0.1) is 12.2 Å². The lowest BCUT2D eigenvalue weighted by Crippen LogP contribution is -2.35. The van der Waals surface area contributed by atoms with Gasteiger partial charge in [-0.2, -0.15) is 0 Å². The third-order valence-corrected chi connectivity index (χ3v) is 6.04. The number of sulfonamides is 1. The number of anilines is 1. The van der Waals surface area contributed by atoms with Gasteiger partial charge < -0.3 is 10.1 Å². The van der Waals surface area contributed by atoms with Crippen LogP contribution in [0.2, 0.25) is 0 Å². The van der Waals surface area contributed by atoms with E-state index in [1.807, 2.05) is 0 Å². The fraction of sp³-hybridized carbons (Fsp3) is 0.316. The van der Waals surface area contributed by atoms with Gasteiger partial charge in [0.2, 0.25) is 10.0 Å². The van der Waals surface area contributed by atoms with E-state index in [9.17, 15) is 17.6 Å². The maximum atomic E-state index is 15.0. The number of hydrogen-bond donors (Lipinski definition) is 2. The predicted molar refractivity (Wildman–Crippen MR) is 99.8 cm³/mol. The van der Waals surface area contributed by atoms with Crippen LogP contribution in [0.4, 0.5) is 14.5 Å². The molecule has 0 radical (unpaired) electrons. The van der Waals surface area contributed by atoms with Crippen molar-refractivity contribution in [2.24, 2.45) is 0 Å². The van der Waals surface area contributed by atoms with Crippen LogP contribution in [0.3, 0.4) is 0 Å². The Bertz CT molecular complexity index is 1020. The van der Waals surface area contributed by atoms with Gasteiger partial charge in [-0.05, 0) is 55.7 Å². The zero-order valence-corrected chi connectivity index (χ0v) is 16.2. The smallest absolute Gasteiger partial charge is 0.258 e. The molecule has 9 heteroatoms. The van der Waals surface area contributed by atoms with Gasteiger partial charge in [0.15, 0.2) is 5.82 Å². The molecule has 1 amide bonds. The average molecular weight is 410 g/mol. The van der Waals surface area contributed by atoms with Gasteiger partial charge >= 0.3 is 0 Å². The molecule has 1 saturated heterocycles.